The molecule has 0 saturated heterocycles. The van der Waals surface area contributed by atoms with Crippen molar-refractivity contribution in [3.63, 3.8) is 0 Å². The second-order valence-electron chi connectivity index (χ2n) is 4.51. The van der Waals surface area contributed by atoms with E-state index in [9.17, 15) is 4.79 Å². The normalized spacial score (nSPS) is 12.2. The highest BCUT2D eigenvalue weighted by Crippen LogP contribution is 2.29. The Balaban J connectivity index is 2.21. The monoisotopic (exact) mass is 294 g/mol. The van der Waals surface area contributed by atoms with Gasteiger partial charge in [-0.15, -0.1) is 0 Å². The van der Waals surface area contributed by atoms with Crippen molar-refractivity contribution >= 4 is 17.5 Å². The Morgan fingerprint density at radius 3 is 2.95 bits per heavy atom. The maximum absolute atomic E-state index is 12.1. The third-order valence-electron chi connectivity index (χ3n) is 2.82. The number of carbonyl (C=O) groups is 1. The van der Waals surface area contributed by atoms with Crippen molar-refractivity contribution in [2.24, 2.45) is 5.92 Å². The highest BCUT2D eigenvalue weighted by atomic mass is 35.5. The molecular weight excluding hydrogens is 280 g/mol. The van der Waals surface area contributed by atoms with Crippen LogP contribution in [0.1, 0.15) is 17.4 Å². The van der Waals surface area contributed by atoms with Crippen molar-refractivity contribution in [2.75, 3.05) is 13.2 Å². The van der Waals surface area contributed by atoms with Crippen LogP contribution in [-0.2, 0) is 0 Å². The Bertz CT molecular complexity index is 598. The molecule has 1 atom stereocenters. The topological polar surface area (TPSA) is 75.4 Å². The van der Waals surface area contributed by atoms with Crippen LogP contribution in [0.4, 0.5) is 0 Å². The Morgan fingerprint density at radius 2 is 2.25 bits per heavy atom. The number of aliphatic hydroxyl groups excluding tert-OH is 1. The summed E-state index contributed by atoms with van der Waals surface area (Å²) in [4.78, 5) is 16.0. The second-order valence-corrected chi connectivity index (χ2v) is 4.91. The highest BCUT2D eigenvalue weighted by molar-refractivity contribution is 6.33. The van der Waals surface area contributed by atoms with Gasteiger partial charge in [-0.1, -0.05) is 30.7 Å². The molecule has 0 bridgehead atoms. The van der Waals surface area contributed by atoms with E-state index in [2.05, 4.69) is 10.3 Å². The zero-order chi connectivity index (χ0) is 14.5. The van der Waals surface area contributed by atoms with Gasteiger partial charge in [0.25, 0.3) is 5.91 Å². The van der Waals surface area contributed by atoms with E-state index in [-0.39, 0.29) is 24.1 Å². The number of rotatable bonds is 5. The molecular formula is C14H15ClN2O3. The molecule has 1 heterocycles. The number of nitrogens with zero attached hydrogens (tertiary/aromatic N) is 1. The smallest absolute Gasteiger partial charge is 0.273 e. The Hall–Kier alpha value is -1.85. The largest absolute Gasteiger partial charge is 0.443 e. The van der Waals surface area contributed by atoms with Crippen LogP contribution in [0.15, 0.2) is 35.1 Å². The van der Waals surface area contributed by atoms with Crippen molar-refractivity contribution in [2.45, 2.75) is 6.92 Å². The van der Waals surface area contributed by atoms with E-state index in [4.69, 9.17) is 21.1 Å². The van der Waals surface area contributed by atoms with Gasteiger partial charge in [0, 0.05) is 18.7 Å². The van der Waals surface area contributed by atoms with E-state index < -0.39 is 0 Å². The summed E-state index contributed by atoms with van der Waals surface area (Å²) in [6, 6.07) is 7.08. The summed E-state index contributed by atoms with van der Waals surface area (Å²) < 4.78 is 5.28. The number of carbonyl (C=O) groups excluding carboxylic acids is 1. The van der Waals surface area contributed by atoms with Gasteiger partial charge < -0.3 is 14.8 Å². The van der Waals surface area contributed by atoms with Gasteiger partial charge in [-0.2, -0.15) is 0 Å². The molecule has 1 aromatic heterocycles. The lowest BCUT2D eigenvalue weighted by atomic mass is 10.1. The molecule has 0 saturated carbocycles. The molecule has 2 rings (SSSR count). The number of aromatic nitrogens is 1. The van der Waals surface area contributed by atoms with Crippen LogP contribution in [0.3, 0.4) is 0 Å². The standard InChI is InChI=1S/C14H15ClN2O3/c1-9(7-18)6-16-14(19)12-13(20-8-17-12)10-4-2-3-5-11(10)15/h2-5,8-9,18H,6-7H2,1H3,(H,16,19). The molecule has 5 nitrogen and oxygen atoms in total. The number of hydrogen-bond acceptors (Lipinski definition) is 4. The molecule has 1 aromatic carbocycles. The van der Waals surface area contributed by atoms with Gasteiger partial charge in [-0.3, -0.25) is 4.79 Å². The number of hydrogen-bond donors (Lipinski definition) is 2. The average molecular weight is 295 g/mol. The molecule has 0 fully saturated rings. The van der Waals surface area contributed by atoms with E-state index in [0.717, 1.165) is 0 Å². The van der Waals surface area contributed by atoms with Crippen LogP contribution in [0.2, 0.25) is 5.02 Å². The quantitative estimate of drug-likeness (QED) is 0.887. The summed E-state index contributed by atoms with van der Waals surface area (Å²) in [6.45, 7) is 2.21. The predicted molar refractivity (Wildman–Crippen MR) is 75.5 cm³/mol. The molecule has 0 spiro atoms. The minimum atomic E-state index is -0.353. The lowest BCUT2D eigenvalue weighted by Gasteiger charge is -2.09. The number of oxazole rings is 1. The third kappa shape index (κ3) is 3.18. The summed E-state index contributed by atoms with van der Waals surface area (Å²) in [6.07, 6.45) is 1.21. The van der Waals surface area contributed by atoms with Crippen molar-refractivity contribution in [1.82, 2.24) is 10.3 Å². The van der Waals surface area contributed by atoms with E-state index in [1.807, 2.05) is 6.92 Å². The lowest BCUT2D eigenvalue weighted by Crippen LogP contribution is -2.30. The van der Waals surface area contributed by atoms with Gasteiger partial charge in [0.15, 0.2) is 17.8 Å². The molecule has 1 amide bonds. The van der Waals surface area contributed by atoms with Gasteiger partial charge in [0.1, 0.15) is 0 Å². The van der Waals surface area contributed by atoms with Crippen molar-refractivity contribution in [3.05, 3.63) is 41.4 Å². The van der Waals surface area contributed by atoms with Crippen LogP contribution in [-0.4, -0.2) is 29.1 Å². The zero-order valence-electron chi connectivity index (χ0n) is 11.0. The molecule has 0 aliphatic carbocycles. The first kappa shape index (κ1) is 14.6. The van der Waals surface area contributed by atoms with Gasteiger partial charge in [0.2, 0.25) is 0 Å². The SMILES string of the molecule is CC(CO)CNC(=O)c1ncoc1-c1ccccc1Cl. The van der Waals surface area contributed by atoms with Gasteiger partial charge in [0.05, 0.1) is 5.02 Å². The summed E-state index contributed by atoms with van der Waals surface area (Å²) in [5.41, 5.74) is 0.801. The highest BCUT2D eigenvalue weighted by Gasteiger charge is 2.20. The third-order valence-corrected chi connectivity index (χ3v) is 3.15. The van der Waals surface area contributed by atoms with E-state index in [1.165, 1.54) is 6.39 Å². The zero-order valence-corrected chi connectivity index (χ0v) is 11.7. The fraction of sp³-hybridized carbons (Fsp3) is 0.286. The first-order valence-corrected chi connectivity index (χ1v) is 6.58. The Morgan fingerprint density at radius 1 is 1.50 bits per heavy atom. The fourth-order valence-corrected chi connectivity index (χ4v) is 1.88. The molecule has 0 aliphatic rings. The maximum atomic E-state index is 12.1. The van der Waals surface area contributed by atoms with E-state index in [0.29, 0.717) is 22.9 Å². The molecule has 0 aliphatic heterocycles. The molecule has 1 unspecified atom stereocenters. The number of nitrogens with one attached hydrogen (secondary N) is 1. The molecule has 0 radical (unpaired) electrons. The Kier molecular flexibility index (Phi) is 4.76. The number of benzene rings is 1. The minimum absolute atomic E-state index is 0.0104. The molecule has 2 N–H and O–H groups in total. The van der Waals surface area contributed by atoms with Gasteiger partial charge >= 0.3 is 0 Å². The van der Waals surface area contributed by atoms with E-state index >= 15 is 0 Å². The first-order chi connectivity index (χ1) is 9.63. The summed E-state index contributed by atoms with van der Waals surface area (Å²) in [5, 5.41) is 12.1. The van der Waals surface area contributed by atoms with Gasteiger partial charge in [-0.05, 0) is 18.1 Å². The first-order valence-electron chi connectivity index (χ1n) is 6.21. The predicted octanol–water partition coefficient (Wildman–Crippen LogP) is 2.35. The second kappa shape index (κ2) is 6.54. The summed E-state index contributed by atoms with van der Waals surface area (Å²) in [7, 11) is 0. The summed E-state index contributed by atoms with van der Waals surface area (Å²) in [5.74, 6) is -0.0339. The van der Waals surface area contributed by atoms with Crippen molar-refractivity contribution in [1.29, 1.82) is 0 Å². The minimum Gasteiger partial charge on any atom is -0.443 e. The Labute approximate surface area is 121 Å². The number of amides is 1. The molecule has 20 heavy (non-hydrogen) atoms. The number of aliphatic hydroxyl groups is 1. The summed E-state index contributed by atoms with van der Waals surface area (Å²) >= 11 is 6.09. The van der Waals surface area contributed by atoms with Crippen molar-refractivity contribution < 1.29 is 14.3 Å². The molecule has 106 valence electrons. The van der Waals surface area contributed by atoms with Gasteiger partial charge in [-0.25, -0.2) is 4.98 Å². The fourth-order valence-electron chi connectivity index (χ4n) is 1.66. The van der Waals surface area contributed by atoms with Crippen LogP contribution in [0.5, 0.6) is 0 Å². The van der Waals surface area contributed by atoms with Crippen LogP contribution in [0.25, 0.3) is 11.3 Å². The van der Waals surface area contributed by atoms with Crippen LogP contribution < -0.4 is 5.32 Å². The van der Waals surface area contributed by atoms with Crippen LogP contribution in [0, 0.1) is 5.92 Å². The van der Waals surface area contributed by atoms with E-state index in [1.54, 1.807) is 24.3 Å². The lowest BCUT2D eigenvalue weighted by molar-refractivity contribution is 0.0938. The molecule has 6 heteroatoms. The molecule has 2 aromatic rings. The van der Waals surface area contributed by atoms with Crippen LogP contribution >= 0.6 is 11.6 Å². The van der Waals surface area contributed by atoms with Crippen molar-refractivity contribution in [3.8, 4) is 11.3 Å². The number of halogens is 1. The maximum Gasteiger partial charge on any atom is 0.273 e. The average Bonchev–Trinajstić information content (AvgIpc) is 2.94.